The molecule has 2 aromatic carbocycles. The second kappa shape index (κ2) is 7.75. The van der Waals surface area contributed by atoms with E-state index in [-0.39, 0.29) is 34.2 Å². The number of hydrogen-bond donors (Lipinski definition) is 1. The highest BCUT2D eigenvalue weighted by Gasteiger charge is 2.36. The van der Waals surface area contributed by atoms with Crippen molar-refractivity contribution in [1.29, 1.82) is 0 Å². The first-order valence-electron chi connectivity index (χ1n) is 9.61. The van der Waals surface area contributed by atoms with Crippen LogP contribution in [0.1, 0.15) is 27.6 Å². The first-order chi connectivity index (χ1) is 14.0. The van der Waals surface area contributed by atoms with Crippen LogP contribution in [0.25, 0.3) is 0 Å². The van der Waals surface area contributed by atoms with E-state index in [1.165, 1.54) is 6.07 Å². The summed E-state index contributed by atoms with van der Waals surface area (Å²) in [5.74, 6) is -2.19. The predicted molar refractivity (Wildman–Crippen MR) is 106 cm³/mol. The third kappa shape index (κ3) is 3.53. The summed E-state index contributed by atoms with van der Waals surface area (Å²) in [5.41, 5.74) is 0.845. The first-order valence-corrected chi connectivity index (χ1v) is 9.61. The predicted octanol–water partition coefficient (Wildman–Crippen LogP) is 3.31. The Morgan fingerprint density at radius 3 is 2.21 bits per heavy atom. The summed E-state index contributed by atoms with van der Waals surface area (Å²) in [5, 5.41) is 2.78. The molecular weight excluding hydrogens is 376 g/mol. The number of nitrogens with one attached hydrogen (secondary N) is 1. The Morgan fingerprint density at radius 1 is 0.931 bits per heavy atom. The van der Waals surface area contributed by atoms with Crippen LogP contribution in [-0.4, -0.2) is 54.1 Å². The molecule has 1 aliphatic carbocycles. The maximum atomic E-state index is 14.3. The van der Waals surface area contributed by atoms with E-state index in [9.17, 15) is 18.4 Å². The molecule has 0 saturated carbocycles. The van der Waals surface area contributed by atoms with Crippen molar-refractivity contribution in [3.05, 3.63) is 76.6 Å². The van der Waals surface area contributed by atoms with Gasteiger partial charge in [-0.1, -0.05) is 31.2 Å². The SMILES string of the molecule is CCN1CCN(C2=C(Nc3ccc(F)cc3F)C(=O)c3ccccc3C2=O)CC1. The maximum Gasteiger partial charge on any atom is 0.212 e. The standard InChI is InChI=1S/C22H21F2N3O2/c1-2-26-9-11-27(12-10-26)20-19(25-18-8-7-14(23)13-17(18)24)21(28)15-5-3-4-6-16(15)22(20)29/h3-8,13,25H,2,9-12H2,1H3. The zero-order valence-electron chi connectivity index (χ0n) is 16.0. The number of carbonyl (C=O) groups is 2. The van der Waals surface area contributed by atoms with Gasteiger partial charge in [0.05, 0.1) is 5.69 Å². The topological polar surface area (TPSA) is 52.6 Å². The molecule has 5 nitrogen and oxygen atoms in total. The van der Waals surface area contributed by atoms with Gasteiger partial charge in [0.2, 0.25) is 11.6 Å². The number of ketones is 2. The molecule has 7 heteroatoms. The number of rotatable bonds is 4. The van der Waals surface area contributed by atoms with E-state index in [0.29, 0.717) is 18.7 Å². The minimum absolute atomic E-state index is 0.0316. The van der Waals surface area contributed by atoms with Gasteiger partial charge >= 0.3 is 0 Å². The Morgan fingerprint density at radius 2 is 1.59 bits per heavy atom. The van der Waals surface area contributed by atoms with Crippen molar-refractivity contribution in [1.82, 2.24) is 9.80 Å². The highest BCUT2D eigenvalue weighted by atomic mass is 19.1. The lowest BCUT2D eigenvalue weighted by Gasteiger charge is -2.38. The molecule has 0 atom stereocenters. The normalized spacial score (nSPS) is 17.6. The second-order valence-electron chi connectivity index (χ2n) is 7.10. The van der Waals surface area contributed by atoms with Crippen molar-refractivity contribution in [3.63, 3.8) is 0 Å². The van der Waals surface area contributed by atoms with Gasteiger partial charge in [-0.3, -0.25) is 9.59 Å². The van der Waals surface area contributed by atoms with Crippen LogP contribution in [0.15, 0.2) is 53.9 Å². The van der Waals surface area contributed by atoms with Crippen molar-refractivity contribution in [3.8, 4) is 0 Å². The molecule has 1 aliphatic heterocycles. The Balaban J connectivity index is 1.78. The molecule has 150 valence electrons. The molecule has 1 saturated heterocycles. The molecule has 29 heavy (non-hydrogen) atoms. The fraction of sp³-hybridized carbons (Fsp3) is 0.273. The summed E-state index contributed by atoms with van der Waals surface area (Å²) in [4.78, 5) is 30.6. The largest absolute Gasteiger partial charge is 0.364 e. The van der Waals surface area contributed by atoms with E-state index in [1.54, 1.807) is 24.3 Å². The highest BCUT2D eigenvalue weighted by molar-refractivity contribution is 6.27. The number of benzene rings is 2. The smallest absolute Gasteiger partial charge is 0.212 e. The summed E-state index contributed by atoms with van der Waals surface area (Å²) >= 11 is 0. The van der Waals surface area contributed by atoms with Gasteiger partial charge < -0.3 is 15.1 Å². The van der Waals surface area contributed by atoms with E-state index in [0.717, 1.165) is 31.8 Å². The first kappa shape index (κ1) is 19.3. The van der Waals surface area contributed by atoms with Gasteiger partial charge in [-0.05, 0) is 18.7 Å². The number of likely N-dealkylation sites (N-methyl/N-ethyl adjacent to an activating group) is 1. The van der Waals surface area contributed by atoms with Gasteiger partial charge in [-0.25, -0.2) is 8.78 Å². The van der Waals surface area contributed by atoms with Crippen LogP contribution in [0.2, 0.25) is 0 Å². The average Bonchev–Trinajstić information content (AvgIpc) is 2.74. The summed E-state index contributed by atoms with van der Waals surface area (Å²) in [6.45, 7) is 5.69. The van der Waals surface area contributed by atoms with E-state index >= 15 is 0 Å². The summed E-state index contributed by atoms with van der Waals surface area (Å²) < 4.78 is 27.5. The van der Waals surface area contributed by atoms with Crippen molar-refractivity contribution in [2.75, 3.05) is 38.0 Å². The Hall–Kier alpha value is -3.06. The molecule has 4 rings (SSSR count). The van der Waals surface area contributed by atoms with Crippen LogP contribution in [-0.2, 0) is 0 Å². The van der Waals surface area contributed by atoms with Gasteiger partial charge in [0.1, 0.15) is 23.0 Å². The van der Waals surface area contributed by atoms with Crippen molar-refractivity contribution >= 4 is 17.3 Å². The Kier molecular flexibility index (Phi) is 5.15. The van der Waals surface area contributed by atoms with E-state index in [1.807, 2.05) is 4.90 Å². The lowest BCUT2D eigenvalue weighted by atomic mass is 9.89. The summed E-state index contributed by atoms with van der Waals surface area (Å²) in [6.07, 6.45) is 0. The zero-order valence-corrected chi connectivity index (χ0v) is 16.0. The molecule has 0 spiro atoms. The van der Waals surface area contributed by atoms with Gasteiger partial charge in [-0.15, -0.1) is 0 Å². The van der Waals surface area contributed by atoms with Gasteiger partial charge in [-0.2, -0.15) is 0 Å². The number of Topliss-reactive ketones (excluding diaryl/α,β-unsaturated/α-hetero) is 2. The molecule has 0 radical (unpaired) electrons. The van der Waals surface area contributed by atoms with E-state index < -0.39 is 11.6 Å². The van der Waals surface area contributed by atoms with Gasteiger partial charge in [0.25, 0.3) is 0 Å². The van der Waals surface area contributed by atoms with Crippen LogP contribution in [0.5, 0.6) is 0 Å². The Bertz CT molecular complexity index is 1010. The van der Waals surface area contributed by atoms with Gasteiger partial charge in [0, 0.05) is 43.4 Å². The highest BCUT2D eigenvalue weighted by Crippen LogP contribution is 2.30. The minimum atomic E-state index is -0.827. The van der Waals surface area contributed by atoms with Crippen LogP contribution in [0.4, 0.5) is 14.5 Å². The van der Waals surface area contributed by atoms with E-state index in [4.69, 9.17) is 0 Å². The lowest BCUT2D eigenvalue weighted by molar-refractivity contribution is 0.0909. The molecule has 0 unspecified atom stereocenters. The molecule has 0 amide bonds. The Labute approximate surface area is 167 Å². The molecule has 0 aromatic heterocycles. The maximum absolute atomic E-state index is 14.3. The number of hydrogen-bond acceptors (Lipinski definition) is 5. The van der Waals surface area contributed by atoms with Crippen LogP contribution in [0.3, 0.4) is 0 Å². The van der Waals surface area contributed by atoms with Gasteiger partial charge in [0.15, 0.2) is 0 Å². The fourth-order valence-electron chi connectivity index (χ4n) is 3.79. The summed E-state index contributed by atoms with van der Waals surface area (Å²) in [6, 6.07) is 9.69. The molecule has 2 aliphatic rings. The zero-order chi connectivity index (χ0) is 20.5. The number of fused-ring (bicyclic) bond motifs is 1. The minimum Gasteiger partial charge on any atom is -0.364 e. The molecule has 2 aromatic rings. The van der Waals surface area contributed by atoms with E-state index in [2.05, 4.69) is 17.1 Å². The molecule has 0 bridgehead atoms. The number of nitrogens with zero attached hydrogens (tertiary/aromatic N) is 2. The molecular formula is C22H21F2N3O2. The summed E-state index contributed by atoms with van der Waals surface area (Å²) in [7, 11) is 0. The van der Waals surface area contributed by atoms with Crippen LogP contribution >= 0.6 is 0 Å². The van der Waals surface area contributed by atoms with Crippen LogP contribution < -0.4 is 5.32 Å². The van der Waals surface area contributed by atoms with Crippen molar-refractivity contribution in [2.24, 2.45) is 0 Å². The van der Waals surface area contributed by atoms with Crippen molar-refractivity contribution in [2.45, 2.75) is 6.92 Å². The number of anilines is 1. The number of allylic oxidation sites excluding steroid dienone is 2. The lowest BCUT2D eigenvalue weighted by Crippen LogP contribution is -2.48. The number of carbonyl (C=O) groups excluding carboxylic acids is 2. The average molecular weight is 397 g/mol. The third-order valence-electron chi connectivity index (χ3n) is 5.42. The third-order valence-corrected chi connectivity index (χ3v) is 5.42. The number of halogens is 2. The molecule has 1 fully saturated rings. The molecule has 1 N–H and O–H groups in total. The fourth-order valence-corrected chi connectivity index (χ4v) is 3.79. The number of piperazine rings is 1. The quantitative estimate of drug-likeness (QED) is 0.858. The monoisotopic (exact) mass is 397 g/mol. The van der Waals surface area contributed by atoms with Crippen molar-refractivity contribution < 1.29 is 18.4 Å². The second-order valence-corrected chi connectivity index (χ2v) is 7.10. The molecule has 1 heterocycles. The van der Waals surface area contributed by atoms with Crippen LogP contribution in [0, 0.1) is 11.6 Å².